The van der Waals surface area contributed by atoms with E-state index in [1.807, 2.05) is 30.7 Å². The zero-order valence-electron chi connectivity index (χ0n) is 16.9. The predicted molar refractivity (Wildman–Crippen MR) is 109 cm³/mol. The van der Waals surface area contributed by atoms with E-state index in [-0.39, 0.29) is 23.6 Å². The summed E-state index contributed by atoms with van der Waals surface area (Å²) < 4.78 is 7.29. The van der Waals surface area contributed by atoms with Crippen LogP contribution in [0.1, 0.15) is 57.5 Å². The molecule has 0 aliphatic heterocycles. The summed E-state index contributed by atoms with van der Waals surface area (Å²) in [5, 5.41) is 19.7. The van der Waals surface area contributed by atoms with Crippen molar-refractivity contribution in [3.8, 4) is 11.4 Å². The molecule has 1 N–H and O–H groups in total. The molecule has 3 aromatic rings. The molecule has 3 aromatic heterocycles. The number of carbonyl (C=O) groups is 1. The van der Waals surface area contributed by atoms with Crippen LogP contribution in [-0.4, -0.2) is 47.0 Å². The quantitative estimate of drug-likeness (QED) is 0.539. The van der Waals surface area contributed by atoms with Gasteiger partial charge < -0.3 is 9.84 Å². The van der Waals surface area contributed by atoms with Crippen LogP contribution in [0.4, 0.5) is 0 Å². The maximum atomic E-state index is 12.6. The molecular formula is C19H24N8O2S. The number of hydrogen-bond acceptors (Lipinski definition) is 9. The Balaban J connectivity index is 1.39. The molecule has 1 aliphatic carbocycles. The zero-order valence-corrected chi connectivity index (χ0v) is 17.7. The van der Waals surface area contributed by atoms with E-state index in [0.29, 0.717) is 22.9 Å². The average molecular weight is 429 g/mol. The lowest BCUT2D eigenvalue weighted by atomic mass is 10.0. The van der Waals surface area contributed by atoms with Crippen molar-refractivity contribution in [2.24, 2.45) is 5.92 Å². The van der Waals surface area contributed by atoms with Crippen LogP contribution in [0.25, 0.3) is 11.4 Å². The van der Waals surface area contributed by atoms with Gasteiger partial charge in [0.05, 0.1) is 11.8 Å². The number of nitrogens with zero attached hydrogens (tertiary/aromatic N) is 7. The number of tetrazole rings is 1. The Morgan fingerprint density at radius 3 is 2.80 bits per heavy atom. The lowest BCUT2D eigenvalue weighted by Gasteiger charge is -2.18. The molecule has 0 radical (unpaired) electrons. The Hall–Kier alpha value is -2.82. The van der Waals surface area contributed by atoms with Gasteiger partial charge in [0.15, 0.2) is 0 Å². The first-order chi connectivity index (χ1) is 14.6. The van der Waals surface area contributed by atoms with Crippen molar-refractivity contribution in [3.05, 3.63) is 30.4 Å². The van der Waals surface area contributed by atoms with E-state index in [9.17, 15) is 4.79 Å². The lowest BCUT2D eigenvalue weighted by Crippen LogP contribution is -2.33. The topological polar surface area (TPSA) is 125 Å². The Kier molecular flexibility index (Phi) is 6.36. The first-order valence-electron chi connectivity index (χ1n) is 10.1. The summed E-state index contributed by atoms with van der Waals surface area (Å²) in [4.78, 5) is 21.1. The van der Waals surface area contributed by atoms with Crippen molar-refractivity contribution >= 4 is 17.7 Å². The van der Waals surface area contributed by atoms with Gasteiger partial charge in [0.2, 0.25) is 22.8 Å². The third-order valence-electron chi connectivity index (χ3n) is 5.10. The van der Waals surface area contributed by atoms with Gasteiger partial charge in [-0.25, -0.2) is 4.68 Å². The van der Waals surface area contributed by atoms with E-state index in [1.165, 1.54) is 24.6 Å². The number of rotatable bonds is 8. The first-order valence-corrected chi connectivity index (χ1v) is 11.0. The molecular weight excluding hydrogens is 404 g/mol. The van der Waals surface area contributed by atoms with Crippen molar-refractivity contribution in [2.75, 3.05) is 5.75 Å². The highest BCUT2D eigenvalue weighted by Gasteiger charge is 2.26. The van der Waals surface area contributed by atoms with Crippen molar-refractivity contribution < 1.29 is 9.32 Å². The molecule has 4 rings (SSSR count). The fourth-order valence-electron chi connectivity index (χ4n) is 3.50. The Morgan fingerprint density at radius 2 is 2.07 bits per heavy atom. The highest BCUT2D eigenvalue weighted by molar-refractivity contribution is 7.99. The predicted octanol–water partition coefficient (Wildman–Crippen LogP) is 2.84. The van der Waals surface area contributed by atoms with Gasteiger partial charge in [0.25, 0.3) is 0 Å². The van der Waals surface area contributed by atoms with Crippen LogP contribution in [0.2, 0.25) is 0 Å². The molecule has 1 fully saturated rings. The van der Waals surface area contributed by atoms with Crippen LogP contribution in [0.3, 0.4) is 0 Å². The molecule has 158 valence electrons. The molecule has 10 nitrogen and oxygen atoms in total. The summed E-state index contributed by atoms with van der Waals surface area (Å²) in [7, 11) is 0. The summed E-state index contributed by atoms with van der Waals surface area (Å²) in [6.07, 6.45) is 7.88. The number of pyridine rings is 1. The Labute approximate surface area is 178 Å². The zero-order chi connectivity index (χ0) is 20.9. The van der Waals surface area contributed by atoms with E-state index < -0.39 is 0 Å². The summed E-state index contributed by atoms with van der Waals surface area (Å²) >= 11 is 1.34. The second kappa shape index (κ2) is 9.33. The minimum atomic E-state index is -0.382. The SMILES string of the molecule is CC(C)C(NC(=O)CSc1nnnn1C1CCCC1)c1nc(-c2ccncc2)no1. The molecule has 1 amide bonds. The number of aromatic nitrogens is 7. The van der Waals surface area contributed by atoms with Crippen LogP contribution in [0.15, 0.2) is 34.2 Å². The van der Waals surface area contributed by atoms with E-state index in [2.05, 4.69) is 36.0 Å². The molecule has 0 spiro atoms. The Morgan fingerprint density at radius 1 is 1.30 bits per heavy atom. The third-order valence-corrected chi connectivity index (χ3v) is 6.03. The molecule has 0 aromatic carbocycles. The number of amides is 1. The largest absolute Gasteiger partial charge is 0.343 e. The van der Waals surface area contributed by atoms with Crippen molar-refractivity contribution in [1.29, 1.82) is 0 Å². The number of nitrogens with one attached hydrogen (secondary N) is 1. The highest BCUT2D eigenvalue weighted by Crippen LogP contribution is 2.31. The normalized spacial score (nSPS) is 15.6. The van der Waals surface area contributed by atoms with Gasteiger partial charge in [-0.15, -0.1) is 5.10 Å². The maximum absolute atomic E-state index is 12.6. The van der Waals surface area contributed by atoms with Crippen LogP contribution in [0, 0.1) is 5.92 Å². The number of thioether (sulfide) groups is 1. The van der Waals surface area contributed by atoms with Gasteiger partial charge in [-0.1, -0.05) is 43.6 Å². The van der Waals surface area contributed by atoms with Crippen LogP contribution in [-0.2, 0) is 4.79 Å². The molecule has 1 saturated carbocycles. The third kappa shape index (κ3) is 4.66. The Bertz CT molecular complexity index is 968. The molecule has 30 heavy (non-hydrogen) atoms. The molecule has 1 aliphatic rings. The fourth-order valence-corrected chi connectivity index (χ4v) is 4.25. The molecule has 1 unspecified atom stereocenters. The molecule has 0 bridgehead atoms. The highest BCUT2D eigenvalue weighted by atomic mass is 32.2. The molecule has 1 atom stereocenters. The van der Waals surface area contributed by atoms with E-state index in [4.69, 9.17) is 4.52 Å². The lowest BCUT2D eigenvalue weighted by molar-refractivity contribution is -0.119. The maximum Gasteiger partial charge on any atom is 0.249 e. The second-order valence-electron chi connectivity index (χ2n) is 7.61. The van der Waals surface area contributed by atoms with Gasteiger partial charge in [-0.3, -0.25) is 9.78 Å². The molecule has 11 heteroatoms. The summed E-state index contributed by atoms with van der Waals surface area (Å²) in [6, 6.07) is 3.57. The minimum absolute atomic E-state index is 0.0773. The average Bonchev–Trinajstić information content (AvgIpc) is 3.52. The van der Waals surface area contributed by atoms with Crippen molar-refractivity contribution in [2.45, 2.75) is 56.8 Å². The van der Waals surface area contributed by atoms with Crippen LogP contribution < -0.4 is 5.32 Å². The smallest absolute Gasteiger partial charge is 0.249 e. The minimum Gasteiger partial charge on any atom is -0.343 e. The first kappa shape index (κ1) is 20.5. The summed E-state index contributed by atoms with van der Waals surface area (Å²) in [5.74, 6) is 1.00. The van der Waals surface area contributed by atoms with Gasteiger partial charge in [0.1, 0.15) is 6.04 Å². The van der Waals surface area contributed by atoms with Gasteiger partial charge in [-0.05, 0) is 41.3 Å². The van der Waals surface area contributed by atoms with Gasteiger partial charge in [0, 0.05) is 18.0 Å². The van der Waals surface area contributed by atoms with E-state index in [1.54, 1.807) is 12.4 Å². The monoisotopic (exact) mass is 428 g/mol. The van der Waals surface area contributed by atoms with Crippen LogP contribution in [0.5, 0.6) is 0 Å². The van der Waals surface area contributed by atoms with Gasteiger partial charge >= 0.3 is 0 Å². The van der Waals surface area contributed by atoms with Crippen LogP contribution >= 0.6 is 11.8 Å². The van der Waals surface area contributed by atoms with Gasteiger partial charge in [-0.2, -0.15) is 4.98 Å². The summed E-state index contributed by atoms with van der Waals surface area (Å²) in [6.45, 7) is 3.99. The number of hydrogen-bond donors (Lipinski definition) is 1. The molecule has 0 saturated heterocycles. The molecule has 3 heterocycles. The standard InChI is InChI=1S/C19H24N8O2S/c1-12(2)16(18-22-17(24-29-18)13-7-9-20-10-8-13)21-15(28)11-30-19-23-25-26-27(19)14-5-3-4-6-14/h7-10,12,14,16H,3-6,11H2,1-2H3,(H,21,28). The number of carbonyl (C=O) groups excluding carboxylic acids is 1. The summed E-state index contributed by atoms with van der Waals surface area (Å²) in [5.41, 5.74) is 0.808. The fraction of sp³-hybridized carbons (Fsp3) is 0.526. The van der Waals surface area contributed by atoms with Crippen molar-refractivity contribution in [1.82, 2.24) is 40.6 Å². The second-order valence-corrected chi connectivity index (χ2v) is 8.56. The van der Waals surface area contributed by atoms with E-state index in [0.717, 1.165) is 18.4 Å². The van der Waals surface area contributed by atoms with Crippen molar-refractivity contribution in [3.63, 3.8) is 0 Å². The van der Waals surface area contributed by atoms with E-state index >= 15 is 0 Å².